The molecule has 1 aromatic heterocycles. The molecule has 1 aromatic carbocycles. The van der Waals surface area contributed by atoms with E-state index in [0.717, 1.165) is 5.56 Å². The molecule has 0 aliphatic carbocycles. The van der Waals surface area contributed by atoms with E-state index in [1.807, 2.05) is 6.07 Å². The second kappa shape index (κ2) is 12.8. The third-order valence-electron chi connectivity index (χ3n) is 4.84. The zero-order valence-corrected chi connectivity index (χ0v) is 18.1. The SMILES string of the molecule is N=C(N)NCCC[C@H](NC(=O)[C@H](Cc1ccccc1)NC(=O)[C@@H](N)Cc1c[nH]cn1)C(=O)O. The van der Waals surface area contributed by atoms with Gasteiger partial charge in [-0.25, -0.2) is 9.78 Å². The third kappa shape index (κ3) is 8.99. The standard InChI is InChI=1S/C21H30N8O4/c22-15(10-14-11-25-12-27-14)18(30)29-17(9-13-5-2-1-3-6-13)19(31)28-16(20(32)33)7-4-8-26-21(23)24/h1-3,5-6,11-12,15-17H,4,7-10,22H2,(H,25,27)(H,28,31)(H,29,30)(H,32,33)(H4,23,24,26)/t15-,16-,17-/m0/s1. The number of imidazole rings is 1. The fourth-order valence-corrected chi connectivity index (χ4v) is 3.12. The van der Waals surface area contributed by atoms with Gasteiger partial charge in [-0.3, -0.25) is 15.0 Å². The number of benzene rings is 1. The van der Waals surface area contributed by atoms with Gasteiger partial charge in [0.1, 0.15) is 12.1 Å². The van der Waals surface area contributed by atoms with Gasteiger partial charge in [0.25, 0.3) is 0 Å². The summed E-state index contributed by atoms with van der Waals surface area (Å²) in [6.45, 7) is 0.293. The van der Waals surface area contributed by atoms with Gasteiger partial charge in [0.15, 0.2) is 5.96 Å². The normalized spacial score (nSPS) is 13.4. The number of guanidine groups is 1. The number of nitrogens with one attached hydrogen (secondary N) is 5. The topological polar surface area (TPSA) is 212 Å². The molecule has 0 spiro atoms. The van der Waals surface area contributed by atoms with E-state index in [1.165, 1.54) is 6.33 Å². The van der Waals surface area contributed by atoms with Gasteiger partial charge < -0.3 is 37.5 Å². The molecule has 12 heteroatoms. The lowest BCUT2D eigenvalue weighted by molar-refractivity contribution is -0.142. The van der Waals surface area contributed by atoms with Gasteiger partial charge in [0, 0.05) is 25.6 Å². The Morgan fingerprint density at radius 1 is 1.09 bits per heavy atom. The second-order valence-corrected chi connectivity index (χ2v) is 7.50. The molecule has 12 nitrogen and oxygen atoms in total. The van der Waals surface area contributed by atoms with E-state index in [4.69, 9.17) is 16.9 Å². The molecule has 0 unspecified atom stereocenters. The molecule has 178 valence electrons. The van der Waals surface area contributed by atoms with Crippen LogP contribution in [0.2, 0.25) is 0 Å². The van der Waals surface area contributed by atoms with Gasteiger partial charge in [-0.15, -0.1) is 0 Å². The highest BCUT2D eigenvalue weighted by Crippen LogP contribution is 2.06. The number of rotatable bonds is 13. The molecule has 0 aliphatic rings. The van der Waals surface area contributed by atoms with Crippen molar-refractivity contribution in [3.05, 3.63) is 54.1 Å². The third-order valence-corrected chi connectivity index (χ3v) is 4.84. The molecule has 10 N–H and O–H groups in total. The number of aromatic nitrogens is 2. The fraction of sp³-hybridized carbons (Fsp3) is 0.381. The van der Waals surface area contributed by atoms with E-state index in [9.17, 15) is 19.5 Å². The molecular weight excluding hydrogens is 428 g/mol. The molecule has 0 saturated carbocycles. The van der Waals surface area contributed by atoms with Crippen molar-refractivity contribution in [2.75, 3.05) is 6.54 Å². The average Bonchev–Trinajstić information content (AvgIpc) is 3.28. The number of H-pyrrole nitrogens is 1. The zero-order chi connectivity index (χ0) is 24.2. The largest absolute Gasteiger partial charge is 0.480 e. The zero-order valence-electron chi connectivity index (χ0n) is 18.1. The number of amides is 2. The number of nitrogens with two attached hydrogens (primary N) is 2. The Labute approximate surface area is 191 Å². The summed E-state index contributed by atoms with van der Waals surface area (Å²) < 4.78 is 0. The molecule has 0 saturated heterocycles. The van der Waals surface area contributed by atoms with E-state index in [1.54, 1.807) is 30.5 Å². The van der Waals surface area contributed by atoms with Crippen LogP contribution in [0, 0.1) is 5.41 Å². The van der Waals surface area contributed by atoms with Crippen LogP contribution >= 0.6 is 0 Å². The van der Waals surface area contributed by atoms with Crippen LogP contribution < -0.4 is 27.4 Å². The van der Waals surface area contributed by atoms with Crippen molar-refractivity contribution >= 4 is 23.7 Å². The van der Waals surface area contributed by atoms with Crippen LogP contribution in [0.25, 0.3) is 0 Å². The Hall–Kier alpha value is -3.93. The first-order valence-electron chi connectivity index (χ1n) is 10.4. The van der Waals surface area contributed by atoms with E-state index < -0.39 is 35.9 Å². The number of hydrogen-bond donors (Lipinski definition) is 8. The fourth-order valence-electron chi connectivity index (χ4n) is 3.12. The van der Waals surface area contributed by atoms with Crippen molar-refractivity contribution < 1.29 is 19.5 Å². The Morgan fingerprint density at radius 2 is 1.79 bits per heavy atom. The van der Waals surface area contributed by atoms with E-state index in [0.29, 0.717) is 18.7 Å². The summed E-state index contributed by atoms with van der Waals surface area (Å²) in [5, 5.41) is 24.3. The molecule has 2 rings (SSSR count). The number of nitrogens with zero attached hydrogens (tertiary/aromatic N) is 1. The van der Waals surface area contributed by atoms with Gasteiger partial charge in [-0.1, -0.05) is 30.3 Å². The van der Waals surface area contributed by atoms with E-state index in [-0.39, 0.29) is 25.2 Å². The highest BCUT2D eigenvalue weighted by molar-refractivity contribution is 5.92. The number of carboxylic acids is 1. The van der Waals surface area contributed by atoms with Crippen LogP contribution in [0.1, 0.15) is 24.1 Å². The van der Waals surface area contributed by atoms with Crippen LogP contribution in [-0.2, 0) is 27.2 Å². The Kier molecular flexibility index (Phi) is 9.83. The van der Waals surface area contributed by atoms with Crippen LogP contribution in [-0.4, -0.2) is 63.5 Å². The number of carboxylic acid groups (broad SMARTS) is 1. The lowest BCUT2D eigenvalue weighted by Gasteiger charge is -2.23. The van der Waals surface area contributed by atoms with Gasteiger partial charge in [0.2, 0.25) is 11.8 Å². The predicted octanol–water partition coefficient (Wildman–Crippen LogP) is -1.16. The summed E-state index contributed by atoms with van der Waals surface area (Å²) in [6, 6.07) is 5.91. The maximum atomic E-state index is 13.0. The minimum absolute atomic E-state index is 0.117. The van der Waals surface area contributed by atoms with Crippen molar-refractivity contribution in [3.8, 4) is 0 Å². The maximum absolute atomic E-state index is 13.0. The Bertz CT molecular complexity index is 920. The molecule has 33 heavy (non-hydrogen) atoms. The molecule has 0 fully saturated rings. The number of hydrogen-bond acceptors (Lipinski definition) is 6. The van der Waals surface area contributed by atoms with E-state index in [2.05, 4.69) is 25.9 Å². The quantitative estimate of drug-likeness (QED) is 0.104. The van der Waals surface area contributed by atoms with Crippen LogP contribution in [0.4, 0.5) is 0 Å². The minimum Gasteiger partial charge on any atom is -0.480 e. The summed E-state index contributed by atoms with van der Waals surface area (Å²) in [4.78, 5) is 44.1. The van der Waals surface area contributed by atoms with Crippen LogP contribution in [0.15, 0.2) is 42.9 Å². The maximum Gasteiger partial charge on any atom is 0.326 e. The highest BCUT2D eigenvalue weighted by Gasteiger charge is 2.28. The molecule has 0 aliphatic heterocycles. The molecular formula is C21H30N8O4. The van der Waals surface area contributed by atoms with Gasteiger partial charge in [0.05, 0.1) is 18.1 Å². The Balaban J connectivity index is 2.05. The molecule has 1 heterocycles. The summed E-state index contributed by atoms with van der Waals surface area (Å²) in [7, 11) is 0. The number of carbonyl (C=O) groups is 3. The number of aliphatic carboxylic acids is 1. The minimum atomic E-state index is -1.20. The van der Waals surface area contributed by atoms with Crippen molar-refractivity contribution in [2.24, 2.45) is 11.5 Å². The van der Waals surface area contributed by atoms with Gasteiger partial charge in [-0.05, 0) is 18.4 Å². The average molecular weight is 459 g/mol. The first-order chi connectivity index (χ1) is 15.8. The summed E-state index contributed by atoms with van der Waals surface area (Å²) in [5.41, 5.74) is 12.6. The highest BCUT2D eigenvalue weighted by atomic mass is 16.4. The van der Waals surface area contributed by atoms with E-state index >= 15 is 0 Å². The molecule has 3 atom stereocenters. The summed E-state index contributed by atoms with van der Waals surface area (Å²) >= 11 is 0. The molecule has 0 radical (unpaired) electrons. The van der Waals surface area contributed by atoms with Gasteiger partial charge in [-0.2, -0.15) is 0 Å². The first kappa shape index (κ1) is 25.3. The monoisotopic (exact) mass is 458 g/mol. The summed E-state index contributed by atoms with van der Waals surface area (Å²) in [5.74, 6) is -2.60. The lowest BCUT2D eigenvalue weighted by Crippen LogP contribution is -2.55. The predicted molar refractivity (Wildman–Crippen MR) is 121 cm³/mol. The van der Waals surface area contributed by atoms with Crippen LogP contribution in [0.3, 0.4) is 0 Å². The number of aromatic amines is 1. The summed E-state index contributed by atoms with van der Waals surface area (Å²) in [6.07, 6.45) is 3.91. The van der Waals surface area contributed by atoms with Gasteiger partial charge >= 0.3 is 5.97 Å². The smallest absolute Gasteiger partial charge is 0.326 e. The Morgan fingerprint density at radius 3 is 2.39 bits per heavy atom. The molecule has 0 bridgehead atoms. The second-order valence-electron chi connectivity index (χ2n) is 7.50. The molecule has 2 amide bonds. The van der Waals surface area contributed by atoms with Crippen LogP contribution in [0.5, 0.6) is 0 Å². The number of carbonyl (C=O) groups excluding carboxylic acids is 2. The first-order valence-corrected chi connectivity index (χ1v) is 10.4. The lowest BCUT2D eigenvalue weighted by atomic mass is 10.0. The van der Waals surface area contributed by atoms with Crippen molar-refractivity contribution in [1.29, 1.82) is 5.41 Å². The molecule has 2 aromatic rings. The van der Waals surface area contributed by atoms with Crippen molar-refractivity contribution in [1.82, 2.24) is 25.9 Å². The van der Waals surface area contributed by atoms with Crippen molar-refractivity contribution in [3.63, 3.8) is 0 Å². The van der Waals surface area contributed by atoms with Crippen molar-refractivity contribution in [2.45, 2.75) is 43.8 Å².